The fourth-order valence-electron chi connectivity index (χ4n) is 1.75. The number of hydrogen-bond acceptors (Lipinski definition) is 5. The van der Waals surface area contributed by atoms with Crippen LogP contribution in [0.2, 0.25) is 0 Å². The summed E-state index contributed by atoms with van der Waals surface area (Å²) in [6.45, 7) is 0.351. The van der Waals surface area contributed by atoms with Crippen LogP contribution in [0.1, 0.15) is 15.9 Å². The Hall–Kier alpha value is -2.70. The van der Waals surface area contributed by atoms with E-state index in [1.165, 1.54) is 6.20 Å². The maximum Gasteiger partial charge on any atom is 0.256 e. The summed E-state index contributed by atoms with van der Waals surface area (Å²) in [7, 11) is 3.13. The average molecular weight is 276 g/mol. The molecule has 7 nitrogen and oxygen atoms in total. The van der Waals surface area contributed by atoms with E-state index in [1.807, 2.05) is 6.07 Å². The van der Waals surface area contributed by atoms with Crippen molar-refractivity contribution < 1.29 is 14.3 Å². The summed E-state index contributed by atoms with van der Waals surface area (Å²) >= 11 is 0. The Morgan fingerprint density at radius 3 is 2.70 bits per heavy atom. The Bertz CT molecular complexity index is 609. The van der Waals surface area contributed by atoms with Gasteiger partial charge in [-0.1, -0.05) is 6.07 Å². The molecule has 0 atom stereocenters. The predicted octanol–water partition coefficient (Wildman–Crippen LogP) is 0.939. The Balaban J connectivity index is 2.04. The van der Waals surface area contributed by atoms with Crippen LogP contribution in [0.3, 0.4) is 0 Å². The van der Waals surface area contributed by atoms with Crippen LogP contribution in [0.5, 0.6) is 11.5 Å². The van der Waals surface area contributed by atoms with E-state index in [4.69, 9.17) is 15.2 Å². The van der Waals surface area contributed by atoms with E-state index in [9.17, 15) is 4.79 Å². The van der Waals surface area contributed by atoms with Crippen molar-refractivity contribution in [2.24, 2.45) is 0 Å². The number of H-pyrrole nitrogens is 1. The summed E-state index contributed by atoms with van der Waals surface area (Å²) in [4.78, 5) is 11.9. The van der Waals surface area contributed by atoms with Gasteiger partial charge in [0.05, 0.1) is 20.4 Å². The van der Waals surface area contributed by atoms with Crippen molar-refractivity contribution in [3.63, 3.8) is 0 Å². The van der Waals surface area contributed by atoms with E-state index in [1.54, 1.807) is 26.4 Å². The summed E-state index contributed by atoms with van der Waals surface area (Å²) in [5.74, 6) is 1.21. The molecule has 1 aromatic carbocycles. The molecule has 1 heterocycles. The lowest BCUT2D eigenvalue weighted by atomic mass is 10.2. The number of anilines is 1. The third-order valence-electron chi connectivity index (χ3n) is 2.81. The van der Waals surface area contributed by atoms with Gasteiger partial charge in [-0.05, 0) is 17.7 Å². The highest BCUT2D eigenvalue weighted by molar-refractivity contribution is 5.98. The molecule has 1 aromatic heterocycles. The zero-order chi connectivity index (χ0) is 14.5. The molecule has 0 aliphatic rings. The molecule has 1 amide bonds. The predicted molar refractivity (Wildman–Crippen MR) is 73.7 cm³/mol. The molecule has 0 bridgehead atoms. The second kappa shape index (κ2) is 5.96. The van der Waals surface area contributed by atoms with Gasteiger partial charge in [0.25, 0.3) is 5.91 Å². The summed E-state index contributed by atoms with van der Waals surface area (Å²) in [6, 6.07) is 5.44. The molecule has 20 heavy (non-hydrogen) atoms. The van der Waals surface area contributed by atoms with E-state index in [0.29, 0.717) is 23.6 Å². The van der Waals surface area contributed by atoms with Crippen LogP contribution in [0.25, 0.3) is 0 Å². The van der Waals surface area contributed by atoms with Gasteiger partial charge in [-0.2, -0.15) is 5.10 Å². The number of nitrogen functional groups attached to an aromatic ring is 1. The van der Waals surface area contributed by atoms with Crippen LogP contribution in [-0.4, -0.2) is 30.3 Å². The number of ether oxygens (including phenoxy) is 2. The first-order valence-electron chi connectivity index (χ1n) is 5.93. The smallest absolute Gasteiger partial charge is 0.256 e. The Kier molecular flexibility index (Phi) is 4.09. The number of benzene rings is 1. The molecule has 0 unspecified atom stereocenters. The fraction of sp³-hybridized carbons (Fsp3) is 0.231. The van der Waals surface area contributed by atoms with Crippen molar-refractivity contribution in [2.75, 3.05) is 20.0 Å². The molecule has 2 rings (SSSR count). The highest BCUT2D eigenvalue weighted by Gasteiger charge is 2.11. The van der Waals surface area contributed by atoms with Crippen LogP contribution in [0.4, 0.5) is 5.82 Å². The molecule has 0 spiro atoms. The zero-order valence-electron chi connectivity index (χ0n) is 11.3. The topological polar surface area (TPSA) is 102 Å². The molecule has 0 aliphatic heterocycles. The minimum absolute atomic E-state index is 0.245. The number of hydrogen-bond donors (Lipinski definition) is 3. The maximum atomic E-state index is 11.9. The fourth-order valence-corrected chi connectivity index (χ4v) is 1.75. The second-order valence-electron chi connectivity index (χ2n) is 4.07. The van der Waals surface area contributed by atoms with E-state index < -0.39 is 0 Å². The summed E-state index contributed by atoms with van der Waals surface area (Å²) in [5.41, 5.74) is 6.79. The quantitative estimate of drug-likeness (QED) is 0.754. The molecule has 4 N–H and O–H groups in total. The van der Waals surface area contributed by atoms with Gasteiger partial charge in [-0.15, -0.1) is 0 Å². The van der Waals surface area contributed by atoms with Gasteiger partial charge in [0, 0.05) is 6.54 Å². The monoisotopic (exact) mass is 276 g/mol. The van der Waals surface area contributed by atoms with Gasteiger partial charge in [-0.3, -0.25) is 9.89 Å². The number of rotatable bonds is 5. The summed E-state index contributed by atoms with van der Waals surface area (Å²) < 4.78 is 10.4. The Labute approximate surface area is 116 Å². The molecular weight excluding hydrogens is 260 g/mol. The molecule has 0 saturated carbocycles. The van der Waals surface area contributed by atoms with Crippen molar-refractivity contribution in [3.05, 3.63) is 35.5 Å². The number of carbonyl (C=O) groups is 1. The maximum absolute atomic E-state index is 11.9. The first kappa shape index (κ1) is 13.7. The standard InChI is InChI=1S/C13H16N4O3/c1-19-10-4-3-8(5-11(10)20-2)6-15-13(18)9-7-16-17-12(9)14/h3-5,7H,6H2,1-2H3,(H,15,18)(H3,14,16,17). The molecule has 0 radical (unpaired) electrons. The lowest BCUT2D eigenvalue weighted by Crippen LogP contribution is -2.23. The number of methoxy groups -OCH3 is 2. The minimum Gasteiger partial charge on any atom is -0.493 e. The van der Waals surface area contributed by atoms with E-state index in [-0.39, 0.29) is 11.7 Å². The van der Waals surface area contributed by atoms with Gasteiger partial charge in [-0.25, -0.2) is 0 Å². The van der Waals surface area contributed by atoms with Crippen LogP contribution < -0.4 is 20.5 Å². The first-order chi connectivity index (χ1) is 9.65. The van der Waals surface area contributed by atoms with Crippen LogP contribution in [0, 0.1) is 0 Å². The lowest BCUT2D eigenvalue weighted by molar-refractivity contribution is 0.0952. The molecule has 7 heteroatoms. The number of nitrogens with two attached hydrogens (primary N) is 1. The molecule has 0 saturated heterocycles. The highest BCUT2D eigenvalue weighted by atomic mass is 16.5. The number of amides is 1. The third kappa shape index (κ3) is 2.82. The molecule has 2 aromatic rings. The Morgan fingerprint density at radius 1 is 1.35 bits per heavy atom. The molecule has 0 fully saturated rings. The number of nitrogens with zero attached hydrogens (tertiary/aromatic N) is 1. The molecule has 106 valence electrons. The first-order valence-corrected chi connectivity index (χ1v) is 5.93. The number of aromatic amines is 1. The van der Waals surface area contributed by atoms with Crippen LogP contribution in [0.15, 0.2) is 24.4 Å². The third-order valence-corrected chi connectivity index (χ3v) is 2.81. The minimum atomic E-state index is -0.286. The second-order valence-corrected chi connectivity index (χ2v) is 4.07. The van der Waals surface area contributed by atoms with E-state index >= 15 is 0 Å². The van der Waals surface area contributed by atoms with Gasteiger partial charge in [0.15, 0.2) is 11.5 Å². The van der Waals surface area contributed by atoms with Crippen molar-refractivity contribution >= 4 is 11.7 Å². The van der Waals surface area contributed by atoms with E-state index in [2.05, 4.69) is 15.5 Å². The summed E-state index contributed by atoms with van der Waals surface area (Å²) in [5, 5.41) is 8.97. The number of carbonyl (C=O) groups excluding carboxylic acids is 1. The van der Waals surface area contributed by atoms with Gasteiger partial charge in [0.2, 0.25) is 0 Å². The van der Waals surface area contributed by atoms with Gasteiger partial charge in [0.1, 0.15) is 11.4 Å². The van der Waals surface area contributed by atoms with Crippen LogP contribution in [-0.2, 0) is 6.54 Å². The van der Waals surface area contributed by atoms with Crippen molar-refractivity contribution in [1.82, 2.24) is 15.5 Å². The normalized spacial score (nSPS) is 10.1. The highest BCUT2D eigenvalue weighted by Crippen LogP contribution is 2.27. The van der Waals surface area contributed by atoms with Gasteiger partial charge >= 0.3 is 0 Å². The lowest BCUT2D eigenvalue weighted by Gasteiger charge is -2.10. The average Bonchev–Trinajstić information content (AvgIpc) is 2.90. The zero-order valence-corrected chi connectivity index (χ0v) is 11.3. The van der Waals surface area contributed by atoms with Crippen molar-refractivity contribution in [2.45, 2.75) is 6.54 Å². The van der Waals surface area contributed by atoms with Crippen molar-refractivity contribution in [1.29, 1.82) is 0 Å². The number of nitrogens with one attached hydrogen (secondary N) is 2. The molecule has 0 aliphatic carbocycles. The number of aromatic nitrogens is 2. The summed E-state index contributed by atoms with van der Waals surface area (Å²) in [6.07, 6.45) is 1.39. The van der Waals surface area contributed by atoms with Crippen LogP contribution >= 0.6 is 0 Å². The van der Waals surface area contributed by atoms with Crippen molar-refractivity contribution in [3.8, 4) is 11.5 Å². The Morgan fingerprint density at radius 2 is 2.10 bits per heavy atom. The SMILES string of the molecule is COc1ccc(CNC(=O)c2cn[nH]c2N)cc1OC. The molecular formula is C13H16N4O3. The van der Waals surface area contributed by atoms with E-state index in [0.717, 1.165) is 5.56 Å². The largest absolute Gasteiger partial charge is 0.493 e. The van der Waals surface area contributed by atoms with Gasteiger partial charge < -0.3 is 20.5 Å².